The highest BCUT2D eigenvalue weighted by atomic mass is 19.2. The van der Waals surface area contributed by atoms with E-state index in [2.05, 4.69) is 13.0 Å². The van der Waals surface area contributed by atoms with Crippen LogP contribution in [0.1, 0.15) is 96.0 Å². The predicted molar refractivity (Wildman–Crippen MR) is 158 cm³/mol. The van der Waals surface area contributed by atoms with Gasteiger partial charge in [-0.05, 0) is 104 Å². The molecule has 2 aliphatic carbocycles. The van der Waals surface area contributed by atoms with Gasteiger partial charge >= 0.3 is 0 Å². The van der Waals surface area contributed by atoms with Crippen LogP contribution in [0.3, 0.4) is 0 Å². The lowest BCUT2D eigenvalue weighted by Gasteiger charge is -2.38. The molecule has 0 amide bonds. The van der Waals surface area contributed by atoms with Crippen LogP contribution in [-0.4, -0.2) is 6.61 Å². The van der Waals surface area contributed by atoms with Crippen LogP contribution in [0.15, 0.2) is 54.6 Å². The largest absolute Gasteiger partial charge is 0.490 e. The van der Waals surface area contributed by atoms with E-state index in [1.54, 1.807) is 30.3 Å². The fourth-order valence-corrected chi connectivity index (χ4v) is 7.21. The summed E-state index contributed by atoms with van der Waals surface area (Å²) in [5.41, 5.74) is 3.05. The van der Waals surface area contributed by atoms with Gasteiger partial charge in [0.25, 0.3) is 0 Å². The topological polar surface area (TPSA) is 9.23 Å². The molecule has 0 aliphatic heterocycles. The maximum Gasteiger partial charge on any atom is 0.201 e. The molecule has 0 aromatic heterocycles. The van der Waals surface area contributed by atoms with Gasteiger partial charge in [-0.2, -0.15) is 4.39 Å². The fourth-order valence-electron chi connectivity index (χ4n) is 7.21. The molecular formula is C36H43F3O. The SMILES string of the molecule is CCCOc1ccc(-c2ccc(-c3ccc(C4CCC(C5CCC(CCC)CC5)CC4)cc3F)cc2)c(F)c1F. The molecule has 3 aromatic carbocycles. The van der Waals surface area contributed by atoms with Crippen LogP contribution in [0.5, 0.6) is 5.75 Å². The highest BCUT2D eigenvalue weighted by Crippen LogP contribution is 2.45. The summed E-state index contributed by atoms with van der Waals surface area (Å²) >= 11 is 0. The van der Waals surface area contributed by atoms with E-state index >= 15 is 4.39 Å². The fraction of sp³-hybridized carbons (Fsp3) is 0.500. The lowest BCUT2D eigenvalue weighted by atomic mass is 9.68. The van der Waals surface area contributed by atoms with Gasteiger partial charge in [0.1, 0.15) is 5.82 Å². The molecule has 0 unspecified atom stereocenters. The highest BCUT2D eigenvalue weighted by Gasteiger charge is 2.31. The Morgan fingerprint density at radius 2 is 1.25 bits per heavy atom. The average molecular weight is 549 g/mol. The summed E-state index contributed by atoms with van der Waals surface area (Å²) in [6, 6.07) is 15.6. The number of ether oxygens (including phenoxy) is 1. The number of halogens is 3. The van der Waals surface area contributed by atoms with Crippen molar-refractivity contribution < 1.29 is 17.9 Å². The summed E-state index contributed by atoms with van der Waals surface area (Å²) in [6.07, 6.45) is 13.9. The molecule has 4 heteroatoms. The van der Waals surface area contributed by atoms with Gasteiger partial charge in [-0.3, -0.25) is 0 Å². The van der Waals surface area contributed by atoms with E-state index in [-0.39, 0.29) is 17.1 Å². The Hall–Kier alpha value is -2.75. The first-order valence-corrected chi connectivity index (χ1v) is 15.5. The lowest BCUT2D eigenvalue weighted by Crippen LogP contribution is -2.25. The monoisotopic (exact) mass is 548 g/mol. The van der Waals surface area contributed by atoms with Crippen molar-refractivity contribution in [3.8, 4) is 28.0 Å². The summed E-state index contributed by atoms with van der Waals surface area (Å²) < 4.78 is 49.8. The van der Waals surface area contributed by atoms with Crippen LogP contribution in [0.4, 0.5) is 13.2 Å². The van der Waals surface area contributed by atoms with Gasteiger partial charge < -0.3 is 4.74 Å². The van der Waals surface area contributed by atoms with Crippen molar-refractivity contribution in [3.05, 3.63) is 77.6 Å². The molecule has 0 radical (unpaired) electrons. The minimum Gasteiger partial charge on any atom is -0.490 e. The Labute approximate surface area is 238 Å². The van der Waals surface area contributed by atoms with Gasteiger partial charge in [0.15, 0.2) is 11.6 Å². The first-order chi connectivity index (χ1) is 19.5. The van der Waals surface area contributed by atoms with Gasteiger partial charge in [0, 0.05) is 11.1 Å². The van der Waals surface area contributed by atoms with Crippen molar-refractivity contribution in [1.82, 2.24) is 0 Å². The quantitative estimate of drug-likeness (QED) is 0.258. The Morgan fingerprint density at radius 1 is 0.650 bits per heavy atom. The number of hydrogen-bond donors (Lipinski definition) is 0. The number of rotatable bonds is 9. The van der Waals surface area contributed by atoms with E-state index in [1.165, 1.54) is 63.5 Å². The maximum absolute atomic E-state index is 15.3. The summed E-state index contributed by atoms with van der Waals surface area (Å²) in [7, 11) is 0. The van der Waals surface area contributed by atoms with E-state index in [0.717, 1.165) is 41.7 Å². The molecule has 1 nitrogen and oxygen atoms in total. The first kappa shape index (κ1) is 28.8. The van der Waals surface area contributed by atoms with E-state index in [4.69, 9.17) is 4.74 Å². The van der Waals surface area contributed by atoms with Crippen LogP contribution < -0.4 is 4.74 Å². The summed E-state index contributed by atoms with van der Waals surface area (Å²) in [4.78, 5) is 0. The Kier molecular flexibility index (Phi) is 9.55. The van der Waals surface area contributed by atoms with E-state index in [1.807, 2.05) is 13.0 Å². The lowest BCUT2D eigenvalue weighted by molar-refractivity contribution is 0.156. The van der Waals surface area contributed by atoms with Crippen LogP contribution in [0.2, 0.25) is 0 Å². The average Bonchev–Trinajstić information content (AvgIpc) is 2.99. The zero-order valence-electron chi connectivity index (χ0n) is 24.0. The van der Waals surface area contributed by atoms with Gasteiger partial charge in [-0.1, -0.05) is 75.9 Å². The number of hydrogen-bond acceptors (Lipinski definition) is 1. The molecular weight excluding hydrogens is 505 g/mol. The van der Waals surface area contributed by atoms with E-state index < -0.39 is 11.6 Å². The molecule has 3 aromatic rings. The molecule has 0 heterocycles. The third kappa shape index (κ3) is 6.42. The molecule has 0 N–H and O–H groups in total. The van der Waals surface area contributed by atoms with Gasteiger partial charge in [-0.25, -0.2) is 8.78 Å². The molecule has 0 atom stereocenters. The third-order valence-electron chi connectivity index (χ3n) is 9.51. The van der Waals surface area contributed by atoms with Crippen molar-refractivity contribution in [1.29, 1.82) is 0 Å². The second-order valence-electron chi connectivity index (χ2n) is 12.1. The molecule has 0 spiro atoms. The molecule has 0 saturated heterocycles. The highest BCUT2D eigenvalue weighted by molar-refractivity contribution is 5.71. The Balaban J connectivity index is 1.21. The minimum atomic E-state index is -0.981. The second kappa shape index (κ2) is 13.3. The van der Waals surface area contributed by atoms with Crippen LogP contribution >= 0.6 is 0 Å². The molecule has 0 bridgehead atoms. The van der Waals surface area contributed by atoms with Crippen molar-refractivity contribution in [2.75, 3.05) is 6.61 Å². The molecule has 2 fully saturated rings. The normalized spacial score (nSPS) is 23.2. The van der Waals surface area contributed by atoms with Crippen molar-refractivity contribution >= 4 is 0 Å². The third-order valence-corrected chi connectivity index (χ3v) is 9.51. The van der Waals surface area contributed by atoms with E-state index in [9.17, 15) is 8.78 Å². The van der Waals surface area contributed by atoms with Crippen molar-refractivity contribution in [2.24, 2.45) is 17.8 Å². The van der Waals surface area contributed by atoms with Crippen LogP contribution in [0, 0.1) is 35.2 Å². The molecule has 40 heavy (non-hydrogen) atoms. The van der Waals surface area contributed by atoms with Crippen molar-refractivity contribution in [3.63, 3.8) is 0 Å². The standard InChI is InChI=1S/C36H43F3O/c1-3-5-24-6-8-25(9-7-24)26-10-12-27(13-11-26)30-18-19-31(33(37)23-30)28-14-16-29(17-15-28)32-20-21-34(40-22-4-2)36(39)35(32)38/h14-21,23-27H,3-13,22H2,1-2H3. The number of benzene rings is 3. The zero-order valence-corrected chi connectivity index (χ0v) is 24.0. The molecule has 214 valence electrons. The first-order valence-electron chi connectivity index (χ1n) is 15.5. The van der Waals surface area contributed by atoms with Crippen LogP contribution in [0.25, 0.3) is 22.3 Å². The molecule has 5 rings (SSSR count). The zero-order chi connectivity index (χ0) is 28.1. The van der Waals surface area contributed by atoms with Crippen molar-refractivity contribution in [2.45, 2.75) is 90.4 Å². The Bertz CT molecular complexity index is 1250. The summed E-state index contributed by atoms with van der Waals surface area (Å²) in [6.45, 7) is 4.54. The molecule has 2 aliphatic rings. The summed E-state index contributed by atoms with van der Waals surface area (Å²) in [5.74, 6) is 0.910. The molecule has 2 saturated carbocycles. The van der Waals surface area contributed by atoms with Gasteiger partial charge in [-0.15, -0.1) is 0 Å². The summed E-state index contributed by atoms with van der Waals surface area (Å²) in [5, 5.41) is 0. The maximum atomic E-state index is 15.3. The van der Waals surface area contributed by atoms with Crippen LogP contribution in [-0.2, 0) is 0 Å². The Morgan fingerprint density at radius 3 is 1.85 bits per heavy atom. The van der Waals surface area contributed by atoms with Gasteiger partial charge in [0.2, 0.25) is 5.82 Å². The second-order valence-corrected chi connectivity index (χ2v) is 12.1. The minimum absolute atomic E-state index is 0.0788. The smallest absolute Gasteiger partial charge is 0.201 e. The van der Waals surface area contributed by atoms with Gasteiger partial charge in [0.05, 0.1) is 6.61 Å². The predicted octanol–water partition coefficient (Wildman–Crippen LogP) is 11.1. The van der Waals surface area contributed by atoms with E-state index in [0.29, 0.717) is 30.1 Å².